The van der Waals surface area contributed by atoms with Crippen LogP contribution < -0.4 is 16.0 Å². The first-order valence-corrected chi connectivity index (χ1v) is 19.9. The molecule has 1 aliphatic heterocycles. The minimum Gasteiger partial charge on any atom is -0.481 e. The number of hydrogen-bond acceptors (Lipinski definition) is 7. The number of carbonyl (C=O) groups excluding carboxylic acids is 4. The van der Waals surface area contributed by atoms with Gasteiger partial charge in [-0.25, -0.2) is 4.79 Å². The molecule has 0 aromatic heterocycles. The molecule has 296 valence electrons. The van der Waals surface area contributed by atoms with Crippen LogP contribution >= 0.6 is 0 Å². The lowest BCUT2D eigenvalue weighted by molar-refractivity contribution is -0.137. The summed E-state index contributed by atoms with van der Waals surface area (Å²) in [6.45, 7) is 10.2. The maximum absolute atomic E-state index is 12.8. The number of amides is 4. The molecule has 0 aromatic rings. The van der Waals surface area contributed by atoms with Crippen molar-refractivity contribution >= 4 is 29.6 Å². The van der Waals surface area contributed by atoms with Crippen molar-refractivity contribution in [2.24, 2.45) is 5.41 Å². The van der Waals surface area contributed by atoms with Gasteiger partial charge in [0.15, 0.2) is 5.78 Å². The molecule has 1 unspecified atom stereocenters. The molecule has 1 atom stereocenters. The average Bonchev–Trinajstić information content (AvgIpc) is 3.07. The Morgan fingerprint density at radius 3 is 1.76 bits per heavy atom. The predicted molar refractivity (Wildman–Crippen MR) is 201 cm³/mol. The highest BCUT2D eigenvalue weighted by molar-refractivity contribution is 5.84. The Morgan fingerprint density at radius 2 is 1.24 bits per heavy atom. The van der Waals surface area contributed by atoms with Crippen LogP contribution in [0.1, 0.15) is 156 Å². The standard InChI is InChI=1S/C39H72N4O8/c1-32(41-35(45)19-17-15-13-11-9-7-5-6-8-10-12-14-16-18-20-37(47)48)21-22-36(46)43-26-23-33(24-27-43)42-38(49)40-25-28-50-29-30-51-31-34(44)39(2,3)4/h32-33H,5-31H2,1-4H3,(H,41,45)(H,47,48)(H2,40,42,49). The zero-order valence-electron chi connectivity index (χ0n) is 32.5. The van der Waals surface area contributed by atoms with E-state index in [-0.39, 0.29) is 42.3 Å². The van der Waals surface area contributed by atoms with Gasteiger partial charge in [-0.05, 0) is 39.0 Å². The average molecular weight is 725 g/mol. The van der Waals surface area contributed by atoms with Gasteiger partial charge in [0.2, 0.25) is 11.8 Å². The van der Waals surface area contributed by atoms with Crippen molar-refractivity contribution in [1.29, 1.82) is 0 Å². The predicted octanol–water partition coefficient (Wildman–Crippen LogP) is 6.54. The molecule has 1 rings (SSSR count). The Morgan fingerprint density at radius 1 is 0.725 bits per heavy atom. The van der Waals surface area contributed by atoms with Gasteiger partial charge in [-0.1, -0.05) is 97.8 Å². The molecule has 1 heterocycles. The van der Waals surface area contributed by atoms with Crippen molar-refractivity contribution in [2.75, 3.05) is 46.1 Å². The van der Waals surface area contributed by atoms with Crippen LogP contribution in [0.25, 0.3) is 0 Å². The van der Waals surface area contributed by atoms with E-state index in [9.17, 15) is 24.0 Å². The van der Waals surface area contributed by atoms with Crippen molar-refractivity contribution in [3.05, 3.63) is 0 Å². The number of Topliss-reactive ketones (excluding diaryl/α,β-unsaturated/α-hetero) is 1. The molecule has 0 aliphatic carbocycles. The van der Waals surface area contributed by atoms with E-state index < -0.39 is 11.4 Å². The summed E-state index contributed by atoms with van der Waals surface area (Å²) in [6, 6.07) is -0.286. The number of piperidine rings is 1. The number of likely N-dealkylation sites (tertiary alicyclic amines) is 1. The Balaban J connectivity index is 1.96. The van der Waals surface area contributed by atoms with Gasteiger partial charge in [0.1, 0.15) is 6.61 Å². The summed E-state index contributed by atoms with van der Waals surface area (Å²) in [5, 5.41) is 17.5. The van der Waals surface area contributed by atoms with E-state index in [4.69, 9.17) is 14.6 Å². The highest BCUT2D eigenvalue weighted by Gasteiger charge is 2.24. The summed E-state index contributed by atoms with van der Waals surface area (Å²) >= 11 is 0. The Labute approximate surface area is 308 Å². The third-order valence-corrected chi connectivity index (χ3v) is 9.40. The number of carboxylic acids is 1. The Bertz CT molecular complexity index is 979. The van der Waals surface area contributed by atoms with Crippen LogP contribution in [-0.2, 0) is 28.7 Å². The number of rotatable bonds is 30. The lowest BCUT2D eigenvalue weighted by atomic mass is 9.91. The largest absolute Gasteiger partial charge is 0.481 e. The third-order valence-electron chi connectivity index (χ3n) is 9.40. The number of ether oxygens (including phenoxy) is 2. The first-order chi connectivity index (χ1) is 24.4. The molecule has 0 aromatic carbocycles. The second-order valence-electron chi connectivity index (χ2n) is 15.2. The molecule has 12 heteroatoms. The monoisotopic (exact) mass is 725 g/mol. The van der Waals surface area contributed by atoms with Gasteiger partial charge < -0.3 is 35.4 Å². The van der Waals surface area contributed by atoms with E-state index >= 15 is 0 Å². The summed E-state index contributed by atoms with van der Waals surface area (Å²) in [5.74, 6) is -0.492. The van der Waals surface area contributed by atoms with Crippen molar-refractivity contribution in [3.63, 3.8) is 0 Å². The zero-order valence-corrected chi connectivity index (χ0v) is 32.5. The highest BCUT2D eigenvalue weighted by Crippen LogP contribution is 2.16. The van der Waals surface area contributed by atoms with Crippen molar-refractivity contribution in [1.82, 2.24) is 20.9 Å². The number of carbonyl (C=O) groups is 5. The number of unbranched alkanes of at least 4 members (excludes halogenated alkanes) is 13. The summed E-state index contributed by atoms with van der Waals surface area (Å²) in [7, 11) is 0. The van der Waals surface area contributed by atoms with Gasteiger partial charge in [0, 0.05) is 56.4 Å². The van der Waals surface area contributed by atoms with Crippen LogP contribution in [-0.4, -0.2) is 97.7 Å². The van der Waals surface area contributed by atoms with Crippen molar-refractivity contribution in [2.45, 2.75) is 168 Å². The number of aliphatic carboxylic acids is 1. The number of carboxylic acid groups (broad SMARTS) is 1. The molecule has 1 aliphatic rings. The Kier molecular flexibility index (Phi) is 26.1. The molecule has 51 heavy (non-hydrogen) atoms. The fourth-order valence-electron chi connectivity index (χ4n) is 5.95. The number of nitrogens with one attached hydrogen (secondary N) is 3. The minimum atomic E-state index is -0.691. The van der Waals surface area contributed by atoms with E-state index in [1.165, 1.54) is 57.8 Å². The summed E-state index contributed by atoms with van der Waals surface area (Å²) < 4.78 is 10.8. The molecule has 0 spiro atoms. The van der Waals surface area contributed by atoms with Gasteiger partial charge in [-0.3, -0.25) is 19.2 Å². The minimum absolute atomic E-state index is 0.0120. The summed E-state index contributed by atoms with van der Waals surface area (Å²) in [6.07, 6.45) is 19.4. The molecule has 12 nitrogen and oxygen atoms in total. The van der Waals surface area contributed by atoms with Crippen LogP contribution in [0.3, 0.4) is 0 Å². The van der Waals surface area contributed by atoms with Gasteiger partial charge >= 0.3 is 12.0 Å². The molecular formula is C39H72N4O8. The molecule has 0 radical (unpaired) electrons. The maximum atomic E-state index is 12.8. The smallest absolute Gasteiger partial charge is 0.315 e. The van der Waals surface area contributed by atoms with Gasteiger partial charge in [0.05, 0.1) is 19.8 Å². The van der Waals surface area contributed by atoms with Crippen LogP contribution in [0.4, 0.5) is 4.79 Å². The highest BCUT2D eigenvalue weighted by atomic mass is 16.5. The maximum Gasteiger partial charge on any atom is 0.315 e. The molecule has 0 bridgehead atoms. The quantitative estimate of drug-likeness (QED) is 0.0608. The first kappa shape index (κ1) is 46.3. The topological polar surface area (TPSA) is 163 Å². The number of nitrogens with zero attached hydrogens (tertiary/aromatic N) is 1. The lowest BCUT2D eigenvalue weighted by Gasteiger charge is -2.32. The van der Waals surface area contributed by atoms with Gasteiger partial charge in [0.25, 0.3) is 0 Å². The number of urea groups is 1. The second-order valence-corrected chi connectivity index (χ2v) is 15.2. The van der Waals surface area contributed by atoms with Gasteiger partial charge in [-0.2, -0.15) is 0 Å². The van der Waals surface area contributed by atoms with Crippen molar-refractivity contribution < 1.29 is 38.6 Å². The number of ketones is 1. The molecule has 1 fully saturated rings. The van der Waals surface area contributed by atoms with Crippen LogP contribution in [0, 0.1) is 5.41 Å². The molecular weight excluding hydrogens is 652 g/mol. The van der Waals surface area contributed by atoms with E-state index in [0.717, 1.165) is 32.1 Å². The SMILES string of the molecule is CC(CCC(=O)N1CCC(NC(=O)NCCOCCOCC(=O)C(C)(C)C)CC1)NC(=O)CCCCCCCCCCCCCCCCC(=O)O. The zero-order chi connectivity index (χ0) is 37.7. The first-order valence-electron chi connectivity index (χ1n) is 19.9. The normalized spacial score (nSPS) is 14.2. The van der Waals surface area contributed by atoms with Crippen LogP contribution in [0.5, 0.6) is 0 Å². The fourth-order valence-corrected chi connectivity index (χ4v) is 5.95. The van der Waals surface area contributed by atoms with Crippen LogP contribution in [0.2, 0.25) is 0 Å². The van der Waals surface area contributed by atoms with Gasteiger partial charge in [-0.15, -0.1) is 0 Å². The number of hydrogen-bond donors (Lipinski definition) is 4. The fraction of sp³-hybridized carbons (Fsp3) is 0.872. The second kappa shape index (κ2) is 28.8. The lowest BCUT2D eigenvalue weighted by Crippen LogP contribution is -2.49. The van der Waals surface area contributed by atoms with E-state index in [1.54, 1.807) is 0 Å². The Hall–Kier alpha value is -2.73. The molecule has 0 saturated carbocycles. The summed E-state index contributed by atoms with van der Waals surface area (Å²) in [4.78, 5) is 61.6. The van der Waals surface area contributed by atoms with E-state index in [2.05, 4.69) is 16.0 Å². The van der Waals surface area contributed by atoms with Crippen molar-refractivity contribution in [3.8, 4) is 0 Å². The van der Waals surface area contributed by atoms with Crippen LogP contribution in [0.15, 0.2) is 0 Å². The van der Waals surface area contributed by atoms with E-state index in [0.29, 0.717) is 78.0 Å². The molecule has 1 saturated heterocycles. The summed E-state index contributed by atoms with van der Waals surface area (Å²) in [5.41, 5.74) is -0.415. The third kappa shape index (κ3) is 26.7. The molecule has 4 amide bonds. The van der Waals surface area contributed by atoms with E-state index in [1.807, 2.05) is 32.6 Å². The molecule has 4 N–H and O–H groups in total.